The standard InChI is InChI=1S/C27H25ClN2O4/c1-4-33-26-15-20(8-12-25(26)34-17-19-6-9-22(28)10-7-19)14-21(16-29)27(31)30-23-13-18(2)5-11-24(23)32-3/h5-15H,4,17H2,1-3H3,(H,30,31)/b21-14+. The highest BCUT2D eigenvalue weighted by atomic mass is 35.5. The lowest BCUT2D eigenvalue weighted by molar-refractivity contribution is -0.112. The van der Waals surface area contributed by atoms with Gasteiger partial charge in [0.15, 0.2) is 11.5 Å². The van der Waals surface area contributed by atoms with E-state index < -0.39 is 5.91 Å². The Kier molecular flexibility index (Phi) is 8.55. The van der Waals surface area contributed by atoms with Crippen molar-refractivity contribution in [3.05, 3.63) is 87.9 Å². The van der Waals surface area contributed by atoms with Crippen LogP contribution in [0, 0.1) is 18.3 Å². The SMILES string of the molecule is CCOc1cc(/C=C(\C#N)C(=O)Nc2cc(C)ccc2OC)ccc1OCc1ccc(Cl)cc1. The van der Waals surface area contributed by atoms with Crippen molar-refractivity contribution in [2.24, 2.45) is 0 Å². The highest BCUT2D eigenvalue weighted by molar-refractivity contribution is 6.30. The highest BCUT2D eigenvalue weighted by Crippen LogP contribution is 2.31. The molecular weight excluding hydrogens is 452 g/mol. The van der Waals surface area contributed by atoms with Crippen LogP contribution in [0.15, 0.2) is 66.2 Å². The molecule has 0 aliphatic rings. The van der Waals surface area contributed by atoms with Gasteiger partial charge in [0.25, 0.3) is 5.91 Å². The van der Waals surface area contributed by atoms with Gasteiger partial charge in [0.2, 0.25) is 0 Å². The van der Waals surface area contributed by atoms with E-state index in [9.17, 15) is 10.1 Å². The topological polar surface area (TPSA) is 80.6 Å². The summed E-state index contributed by atoms with van der Waals surface area (Å²) in [6.45, 7) is 4.55. The molecule has 0 spiro atoms. The lowest BCUT2D eigenvalue weighted by atomic mass is 10.1. The van der Waals surface area contributed by atoms with Gasteiger partial charge in [-0.25, -0.2) is 0 Å². The minimum absolute atomic E-state index is 0.0548. The molecule has 3 aromatic carbocycles. The van der Waals surface area contributed by atoms with E-state index >= 15 is 0 Å². The summed E-state index contributed by atoms with van der Waals surface area (Å²) in [6.07, 6.45) is 1.50. The zero-order chi connectivity index (χ0) is 24.5. The Morgan fingerprint density at radius 2 is 1.76 bits per heavy atom. The average Bonchev–Trinajstić information content (AvgIpc) is 2.83. The Labute approximate surface area is 204 Å². The average molecular weight is 477 g/mol. The number of amides is 1. The van der Waals surface area contributed by atoms with Crippen molar-refractivity contribution in [2.45, 2.75) is 20.5 Å². The molecule has 0 atom stereocenters. The van der Waals surface area contributed by atoms with Crippen molar-refractivity contribution >= 4 is 29.3 Å². The van der Waals surface area contributed by atoms with Crippen LogP contribution in [0.2, 0.25) is 5.02 Å². The van der Waals surface area contributed by atoms with Gasteiger partial charge in [-0.05, 0) is 73.0 Å². The van der Waals surface area contributed by atoms with Crippen LogP contribution in [-0.2, 0) is 11.4 Å². The van der Waals surface area contributed by atoms with Crippen molar-refractivity contribution in [1.82, 2.24) is 0 Å². The van der Waals surface area contributed by atoms with Crippen LogP contribution in [0.3, 0.4) is 0 Å². The van der Waals surface area contributed by atoms with Crippen LogP contribution in [-0.4, -0.2) is 19.6 Å². The third-order valence-corrected chi connectivity index (χ3v) is 5.11. The van der Waals surface area contributed by atoms with E-state index in [2.05, 4.69) is 5.32 Å². The number of ether oxygens (including phenoxy) is 3. The van der Waals surface area contributed by atoms with Gasteiger partial charge in [-0.2, -0.15) is 5.26 Å². The summed E-state index contributed by atoms with van der Waals surface area (Å²) in [4.78, 5) is 12.8. The number of carbonyl (C=O) groups is 1. The number of hydrogen-bond acceptors (Lipinski definition) is 5. The highest BCUT2D eigenvalue weighted by Gasteiger charge is 2.14. The molecule has 3 rings (SSSR count). The minimum Gasteiger partial charge on any atom is -0.495 e. The smallest absolute Gasteiger partial charge is 0.266 e. The molecule has 0 saturated carbocycles. The number of anilines is 1. The number of nitriles is 1. The molecule has 6 nitrogen and oxygen atoms in total. The summed E-state index contributed by atoms with van der Waals surface area (Å²) in [7, 11) is 1.52. The van der Waals surface area contributed by atoms with E-state index in [1.165, 1.54) is 13.2 Å². The van der Waals surface area contributed by atoms with E-state index in [4.69, 9.17) is 25.8 Å². The molecule has 0 aromatic heterocycles. The molecule has 0 aliphatic heterocycles. The maximum absolute atomic E-state index is 12.8. The van der Waals surface area contributed by atoms with Gasteiger partial charge in [0.1, 0.15) is 24.0 Å². The van der Waals surface area contributed by atoms with E-state index in [1.807, 2.05) is 38.1 Å². The molecule has 34 heavy (non-hydrogen) atoms. The molecule has 7 heteroatoms. The Morgan fingerprint density at radius 1 is 1.03 bits per heavy atom. The van der Waals surface area contributed by atoms with Gasteiger partial charge in [0.05, 0.1) is 19.4 Å². The van der Waals surface area contributed by atoms with Crippen molar-refractivity contribution in [1.29, 1.82) is 5.26 Å². The summed E-state index contributed by atoms with van der Waals surface area (Å²) in [5.74, 6) is 1.05. The number of rotatable bonds is 9. The molecule has 0 radical (unpaired) electrons. The number of aryl methyl sites for hydroxylation is 1. The fraction of sp³-hybridized carbons (Fsp3) is 0.185. The van der Waals surface area contributed by atoms with Crippen molar-refractivity contribution < 1.29 is 19.0 Å². The summed E-state index contributed by atoms with van der Waals surface area (Å²) >= 11 is 5.93. The Balaban J connectivity index is 1.80. The molecular formula is C27H25ClN2O4. The monoisotopic (exact) mass is 476 g/mol. The Bertz CT molecular complexity index is 1230. The van der Waals surface area contributed by atoms with Gasteiger partial charge in [-0.15, -0.1) is 0 Å². The normalized spacial score (nSPS) is 10.9. The Morgan fingerprint density at radius 3 is 2.44 bits per heavy atom. The zero-order valence-electron chi connectivity index (χ0n) is 19.2. The van der Waals surface area contributed by atoms with Crippen LogP contribution < -0.4 is 19.5 Å². The van der Waals surface area contributed by atoms with Crippen LogP contribution in [0.5, 0.6) is 17.2 Å². The number of methoxy groups -OCH3 is 1. The molecule has 1 amide bonds. The summed E-state index contributed by atoms with van der Waals surface area (Å²) < 4.78 is 16.9. The summed E-state index contributed by atoms with van der Waals surface area (Å²) in [5, 5.41) is 13.0. The number of carbonyl (C=O) groups excluding carboxylic acids is 1. The first kappa shape index (κ1) is 24.7. The van der Waals surface area contributed by atoms with Crippen LogP contribution in [0.1, 0.15) is 23.6 Å². The van der Waals surface area contributed by atoms with E-state index in [0.29, 0.717) is 46.7 Å². The van der Waals surface area contributed by atoms with E-state index in [-0.39, 0.29) is 5.57 Å². The largest absolute Gasteiger partial charge is 0.495 e. The molecule has 0 bridgehead atoms. The second-order valence-corrected chi connectivity index (χ2v) is 7.82. The molecule has 174 valence electrons. The molecule has 0 fully saturated rings. The minimum atomic E-state index is -0.535. The lowest BCUT2D eigenvalue weighted by Crippen LogP contribution is -2.14. The molecule has 0 saturated heterocycles. The molecule has 0 heterocycles. The van der Waals surface area contributed by atoms with Crippen molar-refractivity contribution in [3.8, 4) is 23.3 Å². The quantitative estimate of drug-likeness (QED) is 0.294. The molecule has 0 aliphatic carbocycles. The first-order valence-corrected chi connectivity index (χ1v) is 11.0. The van der Waals surface area contributed by atoms with Crippen LogP contribution in [0.4, 0.5) is 5.69 Å². The fourth-order valence-electron chi connectivity index (χ4n) is 3.17. The molecule has 0 unspecified atom stereocenters. The zero-order valence-corrected chi connectivity index (χ0v) is 20.0. The maximum atomic E-state index is 12.8. The first-order valence-electron chi connectivity index (χ1n) is 10.7. The molecule has 1 N–H and O–H groups in total. The predicted octanol–water partition coefficient (Wildman–Crippen LogP) is 6.18. The van der Waals surface area contributed by atoms with E-state index in [0.717, 1.165) is 11.1 Å². The first-order chi connectivity index (χ1) is 16.4. The van der Waals surface area contributed by atoms with Gasteiger partial charge >= 0.3 is 0 Å². The maximum Gasteiger partial charge on any atom is 0.266 e. The number of halogens is 1. The second kappa shape index (κ2) is 11.8. The Hall–Kier alpha value is -3.95. The van der Waals surface area contributed by atoms with E-state index in [1.54, 1.807) is 42.5 Å². The predicted molar refractivity (Wildman–Crippen MR) is 133 cm³/mol. The summed E-state index contributed by atoms with van der Waals surface area (Å²) in [6, 6.07) is 20.0. The van der Waals surface area contributed by atoms with Gasteiger partial charge in [-0.1, -0.05) is 35.9 Å². The third-order valence-electron chi connectivity index (χ3n) is 4.85. The number of nitrogens with one attached hydrogen (secondary N) is 1. The third kappa shape index (κ3) is 6.53. The van der Waals surface area contributed by atoms with Crippen molar-refractivity contribution in [2.75, 3.05) is 19.0 Å². The fourth-order valence-corrected chi connectivity index (χ4v) is 3.29. The number of nitrogens with zero attached hydrogens (tertiary/aromatic N) is 1. The van der Waals surface area contributed by atoms with Gasteiger partial charge < -0.3 is 19.5 Å². The lowest BCUT2D eigenvalue weighted by Gasteiger charge is -2.13. The second-order valence-electron chi connectivity index (χ2n) is 7.38. The van der Waals surface area contributed by atoms with Gasteiger partial charge in [-0.3, -0.25) is 4.79 Å². The van der Waals surface area contributed by atoms with Gasteiger partial charge in [0, 0.05) is 5.02 Å². The van der Waals surface area contributed by atoms with Crippen molar-refractivity contribution in [3.63, 3.8) is 0 Å². The summed E-state index contributed by atoms with van der Waals surface area (Å²) in [5.41, 5.74) is 2.99. The molecule has 3 aromatic rings. The number of benzene rings is 3. The number of hydrogen-bond donors (Lipinski definition) is 1. The van der Waals surface area contributed by atoms with Crippen LogP contribution in [0.25, 0.3) is 6.08 Å². The van der Waals surface area contributed by atoms with Crippen LogP contribution >= 0.6 is 11.6 Å².